The molecule has 242 valence electrons. The Bertz CT molecular complexity index is 1810. The Morgan fingerprint density at radius 2 is 0.915 bits per heavy atom. The van der Waals surface area contributed by atoms with Gasteiger partial charge in [0.1, 0.15) is 11.5 Å². The zero-order valence-electron chi connectivity index (χ0n) is 28.0. The van der Waals surface area contributed by atoms with Crippen LogP contribution >= 0.6 is 0 Å². The van der Waals surface area contributed by atoms with Gasteiger partial charge in [-0.05, 0) is 62.1 Å². The van der Waals surface area contributed by atoms with E-state index in [9.17, 15) is 9.59 Å². The fraction of sp³-hybridized carbons (Fsp3) is 0.231. The molecule has 0 amide bonds. The minimum atomic E-state index is -1.09. The normalized spacial score (nSPS) is 12.3. The van der Waals surface area contributed by atoms with Gasteiger partial charge in [0, 0.05) is 33.4 Å². The predicted octanol–water partition coefficient (Wildman–Crippen LogP) is 7.66. The number of esters is 2. The first-order chi connectivity index (χ1) is 22.5. The highest BCUT2D eigenvalue weighted by atomic mass is 16.6. The standard InChI is InChI=1S/C39H38O8/c1-21(2)37(40)46-35-23(5)33(44-9)29(19-31(35)42-7)39(27-17-13-11-15-25(27)26-16-12-14-18-28(26)39)30-20-32(43-8)36(24(6)34(30)45-10)47-38(41)22(3)4/h11-20H,1,3H2,2,4-10H3. The highest BCUT2D eigenvalue weighted by Crippen LogP contribution is 2.62. The molecule has 4 aromatic rings. The summed E-state index contributed by atoms with van der Waals surface area (Å²) in [7, 11) is 6.19. The van der Waals surface area contributed by atoms with E-state index in [1.54, 1.807) is 28.1 Å². The quantitative estimate of drug-likeness (QED) is 0.0879. The fourth-order valence-electron chi connectivity index (χ4n) is 6.46. The van der Waals surface area contributed by atoms with Crippen LogP contribution in [0.2, 0.25) is 0 Å². The van der Waals surface area contributed by atoms with Crippen molar-refractivity contribution in [2.24, 2.45) is 0 Å². The van der Waals surface area contributed by atoms with Gasteiger partial charge in [-0.3, -0.25) is 0 Å². The molecule has 0 spiro atoms. The van der Waals surface area contributed by atoms with Crippen molar-refractivity contribution in [2.45, 2.75) is 33.1 Å². The van der Waals surface area contributed by atoms with Crippen LogP contribution in [0.25, 0.3) is 11.1 Å². The van der Waals surface area contributed by atoms with E-state index < -0.39 is 17.4 Å². The zero-order valence-corrected chi connectivity index (χ0v) is 28.0. The number of methoxy groups -OCH3 is 4. The van der Waals surface area contributed by atoms with Gasteiger partial charge in [0.2, 0.25) is 0 Å². The Balaban J connectivity index is 2.00. The maximum Gasteiger partial charge on any atom is 0.338 e. The maximum atomic E-state index is 12.7. The van der Waals surface area contributed by atoms with E-state index in [2.05, 4.69) is 37.4 Å². The SMILES string of the molecule is C=C(C)C(=O)Oc1c(OC)cc(C2(c3cc(OC)c(OC(=O)C(=C)C)c(C)c3OC)c3ccccc3-c3ccccc32)c(OC)c1C. The van der Waals surface area contributed by atoms with Crippen molar-refractivity contribution in [1.82, 2.24) is 0 Å². The van der Waals surface area contributed by atoms with Gasteiger partial charge in [-0.2, -0.15) is 0 Å². The summed E-state index contributed by atoms with van der Waals surface area (Å²) in [5.41, 5.74) is 5.80. The summed E-state index contributed by atoms with van der Waals surface area (Å²) in [5, 5.41) is 0. The molecule has 0 aromatic heterocycles. The summed E-state index contributed by atoms with van der Waals surface area (Å²) in [6.45, 7) is 14.2. The second kappa shape index (κ2) is 12.7. The molecule has 1 aliphatic rings. The largest absolute Gasteiger partial charge is 0.496 e. The molecule has 0 N–H and O–H groups in total. The summed E-state index contributed by atoms with van der Waals surface area (Å²) in [5.74, 6) is 0.852. The van der Waals surface area contributed by atoms with Gasteiger partial charge in [-0.25, -0.2) is 9.59 Å². The van der Waals surface area contributed by atoms with E-state index >= 15 is 0 Å². The van der Waals surface area contributed by atoms with E-state index in [4.69, 9.17) is 28.4 Å². The van der Waals surface area contributed by atoms with Gasteiger partial charge in [0.25, 0.3) is 0 Å². The van der Waals surface area contributed by atoms with Crippen LogP contribution in [-0.4, -0.2) is 40.4 Å². The van der Waals surface area contributed by atoms with Crippen LogP contribution in [0.3, 0.4) is 0 Å². The first-order valence-electron chi connectivity index (χ1n) is 14.9. The summed E-state index contributed by atoms with van der Waals surface area (Å²) < 4.78 is 35.7. The van der Waals surface area contributed by atoms with Crippen molar-refractivity contribution in [3.8, 4) is 45.6 Å². The van der Waals surface area contributed by atoms with Crippen LogP contribution in [0, 0.1) is 13.8 Å². The van der Waals surface area contributed by atoms with Crippen LogP contribution in [0.5, 0.6) is 34.5 Å². The first-order valence-corrected chi connectivity index (χ1v) is 14.9. The molecule has 0 saturated heterocycles. The molecule has 4 aromatic carbocycles. The minimum Gasteiger partial charge on any atom is -0.496 e. The molecular formula is C39H38O8. The van der Waals surface area contributed by atoms with Gasteiger partial charge in [0.15, 0.2) is 23.0 Å². The average Bonchev–Trinajstić information content (AvgIpc) is 3.36. The van der Waals surface area contributed by atoms with Crippen molar-refractivity contribution in [2.75, 3.05) is 28.4 Å². The molecule has 5 rings (SSSR count). The Morgan fingerprint density at radius 1 is 0.553 bits per heavy atom. The number of carbonyl (C=O) groups is 2. The molecule has 8 nitrogen and oxygen atoms in total. The second-order valence-corrected chi connectivity index (χ2v) is 11.4. The highest BCUT2D eigenvalue weighted by Gasteiger charge is 2.51. The smallest absolute Gasteiger partial charge is 0.338 e. The van der Waals surface area contributed by atoms with Gasteiger partial charge in [-0.15, -0.1) is 0 Å². The van der Waals surface area contributed by atoms with Crippen molar-refractivity contribution in [1.29, 1.82) is 0 Å². The van der Waals surface area contributed by atoms with Gasteiger partial charge in [-0.1, -0.05) is 61.7 Å². The van der Waals surface area contributed by atoms with E-state index in [1.165, 1.54) is 14.2 Å². The zero-order chi connectivity index (χ0) is 34.2. The second-order valence-electron chi connectivity index (χ2n) is 11.4. The number of hydrogen-bond acceptors (Lipinski definition) is 8. The molecule has 0 radical (unpaired) electrons. The topological polar surface area (TPSA) is 89.5 Å². The molecule has 0 bridgehead atoms. The number of carbonyl (C=O) groups excluding carboxylic acids is 2. The summed E-state index contributed by atoms with van der Waals surface area (Å²) in [6.07, 6.45) is 0. The maximum absolute atomic E-state index is 12.7. The van der Waals surface area contributed by atoms with Crippen molar-refractivity contribution in [3.05, 3.63) is 118 Å². The Hall–Kier alpha value is -5.50. The van der Waals surface area contributed by atoms with Crippen LogP contribution in [0.15, 0.2) is 85.0 Å². The van der Waals surface area contributed by atoms with E-state index in [0.29, 0.717) is 45.3 Å². The number of fused-ring (bicyclic) bond motifs is 3. The lowest BCUT2D eigenvalue weighted by Crippen LogP contribution is -2.31. The minimum absolute atomic E-state index is 0.221. The highest BCUT2D eigenvalue weighted by molar-refractivity contribution is 5.92. The molecule has 1 aliphatic carbocycles. The van der Waals surface area contributed by atoms with Crippen LogP contribution < -0.4 is 28.4 Å². The van der Waals surface area contributed by atoms with Gasteiger partial charge >= 0.3 is 11.9 Å². The Labute approximate surface area is 275 Å². The summed E-state index contributed by atoms with van der Waals surface area (Å²) in [4.78, 5) is 25.5. The number of hydrogen-bond donors (Lipinski definition) is 0. The number of ether oxygens (including phenoxy) is 6. The molecule has 0 atom stereocenters. The van der Waals surface area contributed by atoms with Crippen molar-refractivity contribution in [3.63, 3.8) is 0 Å². The third-order valence-electron chi connectivity index (χ3n) is 8.54. The van der Waals surface area contributed by atoms with Gasteiger partial charge in [0.05, 0.1) is 33.9 Å². The lowest BCUT2D eigenvalue weighted by molar-refractivity contribution is -0.131. The van der Waals surface area contributed by atoms with Crippen molar-refractivity contribution >= 4 is 11.9 Å². The van der Waals surface area contributed by atoms with Crippen LogP contribution in [0.1, 0.15) is 47.2 Å². The Kier molecular flexibility index (Phi) is 8.89. The molecule has 47 heavy (non-hydrogen) atoms. The monoisotopic (exact) mass is 634 g/mol. The molecular weight excluding hydrogens is 596 g/mol. The van der Waals surface area contributed by atoms with Crippen LogP contribution in [0.4, 0.5) is 0 Å². The van der Waals surface area contributed by atoms with Crippen molar-refractivity contribution < 1.29 is 38.0 Å². The molecule has 0 heterocycles. The number of rotatable bonds is 10. The number of benzene rings is 4. The fourth-order valence-corrected chi connectivity index (χ4v) is 6.46. The predicted molar refractivity (Wildman–Crippen MR) is 180 cm³/mol. The van der Waals surface area contributed by atoms with Crippen LogP contribution in [-0.2, 0) is 15.0 Å². The first kappa shape index (κ1) is 32.9. The molecule has 0 unspecified atom stereocenters. The lowest BCUT2D eigenvalue weighted by atomic mass is 9.66. The van der Waals surface area contributed by atoms with E-state index in [0.717, 1.165) is 22.3 Å². The third kappa shape index (κ3) is 5.10. The molecule has 8 heteroatoms. The Morgan fingerprint density at radius 3 is 1.23 bits per heavy atom. The summed E-state index contributed by atoms with van der Waals surface area (Å²) >= 11 is 0. The average molecular weight is 635 g/mol. The summed E-state index contributed by atoms with van der Waals surface area (Å²) in [6, 6.07) is 19.9. The molecule has 0 saturated carbocycles. The van der Waals surface area contributed by atoms with E-state index in [1.807, 2.05) is 50.2 Å². The van der Waals surface area contributed by atoms with E-state index in [-0.39, 0.29) is 22.6 Å². The van der Waals surface area contributed by atoms with Gasteiger partial charge < -0.3 is 28.4 Å². The lowest BCUT2D eigenvalue weighted by Gasteiger charge is -2.37. The third-order valence-corrected chi connectivity index (χ3v) is 8.54. The molecule has 0 aliphatic heterocycles. The molecule has 0 fully saturated rings.